The maximum Gasteiger partial charge on any atom is 0.268 e. The molecule has 2 aromatic heterocycles. The number of carbonyl (C=O) groups excluding carboxylic acids is 3. The molecule has 3 amide bonds. The Morgan fingerprint density at radius 1 is 1.16 bits per heavy atom. The highest BCUT2D eigenvalue weighted by atomic mass is 32.1. The summed E-state index contributed by atoms with van der Waals surface area (Å²) in [5.74, 6) is -0.119. The minimum Gasteiger partial charge on any atom is -0.467 e. The average molecular weight is 529 g/mol. The molecule has 9 heteroatoms. The standard InChI is InChI=1S/C29H28N4O4S/c1-17(24-10-6-14-37-24)31(3)27(34)19-7-5-13-32(16-19)23-9-4-8-21-26(23)29(36)33(28(21)35)20-11-12-25-22(15-20)30-18(2)38-25/h4,6,8-12,14-15,17,19H,5,7,13,16H2,1-3H3/t17-,19-/m0/s1. The lowest BCUT2D eigenvalue weighted by atomic mass is 9.94. The van der Waals surface area contributed by atoms with Crippen molar-refractivity contribution in [2.24, 2.45) is 5.92 Å². The Morgan fingerprint density at radius 2 is 2.00 bits per heavy atom. The Hall–Kier alpha value is -3.98. The quantitative estimate of drug-likeness (QED) is 0.321. The van der Waals surface area contributed by atoms with Gasteiger partial charge >= 0.3 is 0 Å². The third-order valence-electron chi connectivity index (χ3n) is 7.62. The molecule has 38 heavy (non-hydrogen) atoms. The van der Waals surface area contributed by atoms with E-state index in [1.54, 1.807) is 47.7 Å². The van der Waals surface area contributed by atoms with Gasteiger partial charge in [0.05, 0.1) is 55.9 Å². The molecule has 2 atom stereocenters. The lowest BCUT2D eigenvalue weighted by Gasteiger charge is -2.37. The van der Waals surface area contributed by atoms with Crippen molar-refractivity contribution in [3.63, 3.8) is 0 Å². The predicted molar refractivity (Wildman–Crippen MR) is 147 cm³/mol. The number of imide groups is 1. The summed E-state index contributed by atoms with van der Waals surface area (Å²) in [5.41, 5.74) is 2.77. The molecule has 8 nitrogen and oxygen atoms in total. The molecule has 6 rings (SSSR count). The molecule has 2 aromatic carbocycles. The topological polar surface area (TPSA) is 87.0 Å². The zero-order valence-electron chi connectivity index (χ0n) is 21.5. The number of nitrogens with zero attached hydrogens (tertiary/aromatic N) is 4. The van der Waals surface area contributed by atoms with Crippen LogP contribution in [0, 0.1) is 12.8 Å². The molecule has 0 N–H and O–H groups in total. The molecule has 4 aromatic rings. The van der Waals surface area contributed by atoms with Crippen LogP contribution in [-0.4, -0.2) is 47.7 Å². The van der Waals surface area contributed by atoms with Gasteiger partial charge in [-0.05, 0) is 69.2 Å². The lowest BCUT2D eigenvalue weighted by Crippen LogP contribution is -2.44. The second-order valence-corrected chi connectivity index (χ2v) is 11.2. The van der Waals surface area contributed by atoms with Crippen LogP contribution < -0.4 is 9.80 Å². The van der Waals surface area contributed by atoms with Crippen LogP contribution in [0.15, 0.2) is 59.2 Å². The van der Waals surface area contributed by atoms with Crippen LogP contribution in [-0.2, 0) is 4.79 Å². The summed E-state index contributed by atoms with van der Waals surface area (Å²) >= 11 is 1.58. The van der Waals surface area contributed by atoms with Gasteiger partial charge in [0.25, 0.3) is 11.8 Å². The Bertz CT molecular complexity index is 1560. The Balaban J connectivity index is 1.27. The molecule has 1 saturated heterocycles. The van der Waals surface area contributed by atoms with Crippen molar-refractivity contribution < 1.29 is 18.8 Å². The maximum atomic E-state index is 13.7. The third kappa shape index (κ3) is 3.98. The van der Waals surface area contributed by atoms with E-state index in [1.807, 2.05) is 44.2 Å². The summed E-state index contributed by atoms with van der Waals surface area (Å²) in [6, 6.07) is 14.4. The number of thiazole rings is 1. The number of hydrogen-bond acceptors (Lipinski definition) is 7. The predicted octanol–water partition coefficient (Wildman–Crippen LogP) is 5.43. The van der Waals surface area contributed by atoms with E-state index in [-0.39, 0.29) is 29.7 Å². The summed E-state index contributed by atoms with van der Waals surface area (Å²) in [6.07, 6.45) is 3.19. The first-order chi connectivity index (χ1) is 18.3. The first-order valence-electron chi connectivity index (χ1n) is 12.8. The van der Waals surface area contributed by atoms with Crippen molar-refractivity contribution >= 4 is 50.6 Å². The zero-order chi connectivity index (χ0) is 26.6. The SMILES string of the molecule is Cc1nc2cc(N3C(=O)c4cccc(N5CCC[C@H](C(=O)N(C)[C@@H](C)c6ccco6)C5)c4C3=O)ccc2s1. The summed E-state index contributed by atoms with van der Waals surface area (Å²) in [6.45, 7) is 5.08. The van der Waals surface area contributed by atoms with Gasteiger partial charge in [0, 0.05) is 20.1 Å². The monoisotopic (exact) mass is 528 g/mol. The maximum absolute atomic E-state index is 13.7. The van der Waals surface area contributed by atoms with Gasteiger partial charge in [-0.3, -0.25) is 14.4 Å². The van der Waals surface area contributed by atoms with Crippen LogP contribution in [0.2, 0.25) is 0 Å². The molecule has 0 aliphatic carbocycles. The van der Waals surface area contributed by atoms with E-state index in [4.69, 9.17) is 4.42 Å². The van der Waals surface area contributed by atoms with Crippen molar-refractivity contribution in [3.8, 4) is 0 Å². The molecule has 2 aliphatic rings. The summed E-state index contributed by atoms with van der Waals surface area (Å²) in [7, 11) is 1.80. The van der Waals surface area contributed by atoms with E-state index >= 15 is 0 Å². The number of rotatable bonds is 5. The number of benzene rings is 2. The van der Waals surface area contributed by atoms with Gasteiger partial charge in [-0.15, -0.1) is 11.3 Å². The van der Waals surface area contributed by atoms with Gasteiger partial charge in [0.15, 0.2) is 0 Å². The molecule has 0 radical (unpaired) electrons. The summed E-state index contributed by atoms with van der Waals surface area (Å²) in [5, 5.41) is 0.931. The first-order valence-corrected chi connectivity index (χ1v) is 13.6. The van der Waals surface area contributed by atoms with E-state index in [2.05, 4.69) is 9.88 Å². The summed E-state index contributed by atoms with van der Waals surface area (Å²) < 4.78 is 6.52. The highest BCUT2D eigenvalue weighted by Crippen LogP contribution is 2.38. The Kier molecular flexibility index (Phi) is 6.03. The number of anilines is 2. The van der Waals surface area contributed by atoms with Gasteiger partial charge in [-0.25, -0.2) is 9.88 Å². The van der Waals surface area contributed by atoms with E-state index in [9.17, 15) is 14.4 Å². The van der Waals surface area contributed by atoms with Gasteiger partial charge < -0.3 is 14.2 Å². The van der Waals surface area contributed by atoms with Gasteiger partial charge in [0.1, 0.15) is 5.76 Å². The highest BCUT2D eigenvalue weighted by Gasteiger charge is 2.41. The van der Waals surface area contributed by atoms with Crippen molar-refractivity contribution in [2.45, 2.75) is 32.7 Å². The number of piperidine rings is 1. The molecule has 1 fully saturated rings. The molecule has 2 aliphatic heterocycles. The molecule has 194 valence electrons. The minimum atomic E-state index is -0.344. The highest BCUT2D eigenvalue weighted by molar-refractivity contribution is 7.18. The van der Waals surface area contributed by atoms with Crippen molar-refractivity contribution in [1.29, 1.82) is 0 Å². The van der Waals surface area contributed by atoms with Crippen LogP contribution in [0.5, 0.6) is 0 Å². The fraction of sp³-hybridized carbons (Fsp3) is 0.310. The molecule has 0 spiro atoms. The minimum absolute atomic E-state index is 0.0436. The Morgan fingerprint density at radius 3 is 2.79 bits per heavy atom. The molecule has 4 heterocycles. The lowest BCUT2D eigenvalue weighted by molar-refractivity contribution is -0.136. The number of hydrogen-bond donors (Lipinski definition) is 0. The number of furan rings is 1. The number of carbonyl (C=O) groups is 3. The fourth-order valence-electron chi connectivity index (χ4n) is 5.53. The van der Waals surface area contributed by atoms with E-state index in [0.717, 1.165) is 33.8 Å². The summed E-state index contributed by atoms with van der Waals surface area (Å²) in [4.78, 5) is 50.2. The van der Waals surface area contributed by atoms with Gasteiger partial charge in [-0.2, -0.15) is 0 Å². The average Bonchev–Trinajstić information content (AvgIpc) is 3.65. The zero-order valence-corrected chi connectivity index (χ0v) is 22.3. The molecular formula is C29H28N4O4S. The van der Waals surface area contributed by atoms with Crippen LogP contribution in [0.4, 0.5) is 11.4 Å². The number of fused-ring (bicyclic) bond motifs is 2. The number of aryl methyl sites for hydroxylation is 1. The van der Waals surface area contributed by atoms with E-state index in [1.165, 1.54) is 4.90 Å². The van der Waals surface area contributed by atoms with Crippen LogP contribution in [0.1, 0.15) is 57.3 Å². The van der Waals surface area contributed by atoms with Gasteiger partial charge in [-0.1, -0.05) is 6.07 Å². The third-order valence-corrected chi connectivity index (χ3v) is 8.58. The van der Waals surface area contributed by atoms with Crippen molar-refractivity contribution in [1.82, 2.24) is 9.88 Å². The molecule has 0 bridgehead atoms. The van der Waals surface area contributed by atoms with Crippen LogP contribution in [0.25, 0.3) is 10.2 Å². The van der Waals surface area contributed by atoms with E-state index < -0.39 is 0 Å². The van der Waals surface area contributed by atoms with Gasteiger partial charge in [0.2, 0.25) is 5.91 Å². The first kappa shape index (κ1) is 24.4. The van der Waals surface area contributed by atoms with Crippen molar-refractivity contribution in [3.05, 3.63) is 76.7 Å². The smallest absolute Gasteiger partial charge is 0.268 e. The van der Waals surface area contributed by atoms with Crippen LogP contribution in [0.3, 0.4) is 0 Å². The Labute approximate surface area is 224 Å². The van der Waals surface area contributed by atoms with Crippen LogP contribution >= 0.6 is 11.3 Å². The molecular weight excluding hydrogens is 500 g/mol. The second kappa shape index (κ2) is 9.40. The normalized spacial score (nSPS) is 18.2. The fourth-order valence-corrected chi connectivity index (χ4v) is 6.34. The largest absolute Gasteiger partial charge is 0.467 e. The molecule has 0 unspecified atom stereocenters. The number of aromatic nitrogens is 1. The molecule has 0 saturated carbocycles. The number of amides is 3. The second-order valence-electron chi connectivity index (χ2n) is 9.96. The van der Waals surface area contributed by atoms with Crippen molar-refractivity contribution in [2.75, 3.05) is 29.9 Å². The van der Waals surface area contributed by atoms with E-state index in [0.29, 0.717) is 35.6 Å².